The number of para-hydroxylation sites is 1. The number of rotatable bonds is 4. The second-order valence-electron chi connectivity index (χ2n) is 6.24. The highest BCUT2D eigenvalue weighted by Gasteiger charge is 2.16. The third-order valence-corrected chi connectivity index (χ3v) is 5.17. The maximum Gasteiger partial charge on any atom is 0.224 e. The number of nitrogens with one attached hydrogen (secondary N) is 1. The number of fused-ring (bicyclic) bond motifs is 1. The third kappa shape index (κ3) is 3.44. The van der Waals surface area contributed by atoms with Crippen LogP contribution >= 0.6 is 15.9 Å². The first kappa shape index (κ1) is 17.6. The normalized spacial score (nSPS) is 11.1. The number of benzene rings is 1. The molecule has 1 aromatic carbocycles. The summed E-state index contributed by atoms with van der Waals surface area (Å²) in [5, 5.41) is 8.51. The third-order valence-electron chi connectivity index (χ3n) is 4.48. The Morgan fingerprint density at radius 3 is 2.64 bits per heavy atom. The summed E-state index contributed by atoms with van der Waals surface area (Å²) >= 11 is 3.45. The van der Waals surface area contributed by atoms with Gasteiger partial charge >= 0.3 is 0 Å². The van der Waals surface area contributed by atoms with Crippen LogP contribution in [0.15, 0.2) is 28.7 Å². The zero-order chi connectivity index (χ0) is 18.1. The number of aromatic nitrogens is 3. The van der Waals surface area contributed by atoms with Gasteiger partial charge in [0.15, 0.2) is 5.65 Å². The van der Waals surface area contributed by atoms with Crippen LogP contribution in [-0.2, 0) is 18.3 Å². The van der Waals surface area contributed by atoms with Crippen molar-refractivity contribution in [1.29, 1.82) is 0 Å². The molecule has 0 aliphatic carbocycles. The van der Waals surface area contributed by atoms with Gasteiger partial charge in [0.1, 0.15) is 0 Å². The average Bonchev–Trinajstić information content (AvgIpc) is 2.83. The Kier molecular flexibility index (Phi) is 4.90. The van der Waals surface area contributed by atoms with Crippen molar-refractivity contribution in [3.8, 4) is 0 Å². The van der Waals surface area contributed by atoms with E-state index in [1.54, 1.807) is 0 Å². The Morgan fingerprint density at radius 1 is 1.20 bits per heavy atom. The van der Waals surface area contributed by atoms with Gasteiger partial charge in [-0.3, -0.25) is 9.48 Å². The summed E-state index contributed by atoms with van der Waals surface area (Å²) in [6.45, 7) is 6.08. The van der Waals surface area contributed by atoms with Crippen LogP contribution < -0.4 is 5.32 Å². The lowest BCUT2D eigenvalue weighted by molar-refractivity contribution is -0.116. The Morgan fingerprint density at radius 2 is 1.92 bits per heavy atom. The molecule has 0 radical (unpaired) electrons. The fourth-order valence-electron chi connectivity index (χ4n) is 3.24. The molecule has 25 heavy (non-hydrogen) atoms. The van der Waals surface area contributed by atoms with Crippen molar-refractivity contribution in [3.63, 3.8) is 0 Å². The van der Waals surface area contributed by atoms with Crippen molar-refractivity contribution < 1.29 is 4.79 Å². The fourth-order valence-corrected chi connectivity index (χ4v) is 3.63. The summed E-state index contributed by atoms with van der Waals surface area (Å²) in [6.07, 6.45) is 1.07. The molecule has 0 bridgehead atoms. The van der Waals surface area contributed by atoms with Gasteiger partial charge in [0.2, 0.25) is 5.91 Å². The molecular formula is C19H21BrN4O. The van der Waals surface area contributed by atoms with E-state index < -0.39 is 0 Å². The SMILES string of the molecule is Cc1nc2c(c(C)nn2C)c(C)c1CCC(=O)Nc1ccccc1Br. The Bertz CT molecular complexity index is 962. The maximum absolute atomic E-state index is 12.3. The summed E-state index contributed by atoms with van der Waals surface area (Å²) in [7, 11) is 1.91. The van der Waals surface area contributed by atoms with Crippen molar-refractivity contribution in [2.45, 2.75) is 33.6 Å². The fraction of sp³-hybridized carbons (Fsp3) is 0.316. The second kappa shape index (κ2) is 6.96. The summed E-state index contributed by atoms with van der Waals surface area (Å²) in [6, 6.07) is 7.61. The number of amides is 1. The van der Waals surface area contributed by atoms with E-state index in [4.69, 9.17) is 4.98 Å². The van der Waals surface area contributed by atoms with Gasteiger partial charge in [0.05, 0.1) is 11.4 Å². The van der Waals surface area contributed by atoms with E-state index in [1.165, 1.54) is 5.56 Å². The first-order valence-electron chi connectivity index (χ1n) is 8.22. The smallest absolute Gasteiger partial charge is 0.224 e. The molecule has 0 saturated carbocycles. The van der Waals surface area contributed by atoms with Crippen molar-refractivity contribution in [2.24, 2.45) is 7.05 Å². The van der Waals surface area contributed by atoms with E-state index in [9.17, 15) is 4.79 Å². The van der Waals surface area contributed by atoms with E-state index in [-0.39, 0.29) is 5.91 Å². The largest absolute Gasteiger partial charge is 0.325 e. The van der Waals surface area contributed by atoms with Gasteiger partial charge in [0.25, 0.3) is 0 Å². The molecule has 3 rings (SSSR count). The van der Waals surface area contributed by atoms with Crippen molar-refractivity contribution in [3.05, 3.63) is 51.3 Å². The molecule has 0 spiro atoms. The number of anilines is 1. The zero-order valence-corrected chi connectivity index (χ0v) is 16.4. The molecule has 0 fully saturated rings. The van der Waals surface area contributed by atoms with Gasteiger partial charge in [-0.25, -0.2) is 4.98 Å². The zero-order valence-electron chi connectivity index (χ0n) is 14.9. The van der Waals surface area contributed by atoms with Crippen molar-refractivity contribution >= 4 is 38.6 Å². The minimum Gasteiger partial charge on any atom is -0.325 e. The summed E-state index contributed by atoms with van der Waals surface area (Å²) in [5.74, 6) is -0.00583. The topological polar surface area (TPSA) is 59.8 Å². The van der Waals surface area contributed by atoms with Gasteiger partial charge in [-0.1, -0.05) is 12.1 Å². The molecule has 0 saturated heterocycles. The molecule has 0 atom stereocenters. The molecule has 0 aliphatic heterocycles. The van der Waals surface area contributed by atoms with Crippen LogP contribution in [0.3, 0.4) is 0 Å². The highest BCUT2D eigenvalue weighted by molar-refractivity contribution is 9.10. The number of aryl methyl sites for hydroxylation is 4. The minimum absolute atomic E-state index is 0.00583. The number of carbonyl (C=O) groups is 1. The molecular weight excluding hydrogens is 380 g/mol. The van der Waals surface area contributed by atoms with Crippen LogP contribution in [-0.4, -0.2) is 20.7 Å². The highest BCUT2D eigenvalue weighted by atomic mass is 79.9. The molecule has 1 amide bonds. The molecule has 3 aromatic rings. The number of hydrogen-bond donors (Lipinski definition) is 1. The monoisotopic (exact) mass is 400 g/mol. The minimum atomic E-state index is -0.00583. The van der Waals surface area contributed by atoms with Crippen LogP contribution in [0.4, 0.5) is 5.69 Å². The van der Waals surface area contributed by atoms with Crippen LogP contribution in [0.5, 0.6) is 0 Å². The average molecular weight is 401 g/mol. The van der Waals surface area contributed by atoms with E-state index in [1.807, 2.05) is 49.8 Å². The number of carbonyl (C=O) groups excluding carboxylic acids is 1. The lowest BCUT2D eigenvalue weighted by Gasteiger charge is -2.12. The van der Waals surface area contributed by atoms with E-state index in [0.717, 1.165) is 38.1 Å². The first-order valence-corrected chi connectivity index (χ1v) is 9.01. The molecule has 0 unspecified atom stereocenters. The van der Waals surface area contributed by atoms with Crippen molar-refractivity contribution in [2.75, 3.05) is 5.32 Å². The molecule has 2 heterocycles. The standard InChI is InChI=1S/C19H21BrN4O/c1-11-14(12(2)21-19-18(11)13(3)23-24(19)4)9-10-17(25)22-16-8-6-5-7-15(16)20/h5-8H,9-10H2,1-4H3,(H,22,25). The van der Waals surface area contributed by atoms with Gasteiger partial charge in [-0.05, 0) is 66.4 Å². The van der Waals surface area contributed by atoms with Gasteiger partial charge < -0.3 is 5.32 Å². The molecule has 130 valence electrons. The predicted octanol–water partition coefficient (Wildman–Crippen LogP) is 4.23. The van der Waals surface area contributed by atoms with Gasteiger partial charge in [-0.15, -0.1) is 0 Å². The van der Waals surface area contributed by atoms with Crippen LogP contribution in [0.1, 0.15) is 28.9 Å². The Balaban J connectivity index is 1.80. The number of halogens is 1. The maximum atomic E-state index is 12.3. The lowest BCUT2D eigenvalue weighted by Crippen LogP contribution is -2.13. The first-order chi connectivity index (χ1) is 11.9. The Hall–Kier alpha value is -2.21. The number of hydrogen-bond acceptors (Lipinski definition) is 3. The lowest BCUT2D eigenvalue weighted by atomic mass is 9.99. The number of nitrogens with zero attached hydrogens (tertiary/aromatic N) is 3. The van der Waals surface area contributed by atoms with Gasteiger partial charge in [-0.2, -0.15) is 5.10 Å². The van der Waals surface area contributed by atoms with Crippen molar-refractivity contribution in [1.82, 2.24) is 14.8 Å². The summed E-state index contributed by atoms with van der Waals surface area (Å²) in [4.78, 5) is 17.0. The molecule has 6 heteroatoms. The van der Waals surface area contributed by atoms with E-state index in [0.29, 0.717) is 12.8 Å². The second-order valence-corrected chi connectivity index (χ2v) is 7.09. The predicted molar refractivity (Wildman–Crippen MR) is 104 cm³/mol. The quantitative estimate of drug-likeness (QED) is 0.712. The highest BCUT2D eigenvalue weighted by Crippen LogP contribution is 2.26. The van der Waals surface area contributed by atoms with Crippen LogP contribution in [0.25, 0.3) is 11.0 Å². The number of pyridine rings is 1. The molecule has 5 nitrogen and oxygen atoms in total. The van der Waals surface area contributed by atoms with Gasteiger partial charge in [0, 0.05) is 29.0 Å². The Labute approximate surface area is 155 Å². The van der Waals surface area contributed by atoms with Crippen LogP contribution in [0, 0.1) is 20.8 Å². The summed E-state index contributed by atoms with van der Waals surface area (Å²) in [5.41, 5.74) is 5.92. The molecule has 2 aromatic heterocycles. The molecule has 0 aliphatic rings. The van der Waals surface area contributed by atoms with E-state index in [2.05, 4.69) is 33.3 Å². The van der Waals surface area contributed by atoms with E-state index >= 15 is 0 Å². The van der Waals surface area contributed by atoms with Crippen LogP contribution in [0.2, 0.25) is 0 Å². The summed E-state index contributed by atoms with van der Waals surface area (Å²) < 4.78 is 2.69. The molecule has 1 N–H and O–H groups in total.